The maximum Gasteiger partial charge on any atom is 0.176 e. The van der Waals surface area contributed by atoms with Gasteiger partial charge in [-0.1, -0.05) is 6.08 Å². The molecule has 0 spiro atoms. The molecule has 1 aliphatic heterocycles. The highest BCUT2D eigenvalue weighted by Crippen LogP contribution is 2.09. The van der Waals surface area contributed by atoms with Crippen LogP contribution in [-0.4, -0.2) is 28.7 Å². The van der Waals surface area contributed by atoms with Crippen molar-refractivity contribution in [3.05, 3.63) is 12.7 Å². The minimum atomic E-state index is -0.773. The third kappa shape index (κ3) is 1.93. The molecule has 1 unspecified atom stereocenters. The Bertz CT molecular complexity index is 183. The number of nitrogens with one attached hydrogen (secondary N) is 1. The average Bonchev–Trinajstić information content (AvgIpc) is 2.36. The quantitative estimate of drug-likeness (QED) is 0.222. The Kier molecular flexibility index (Phi) is 2.89. The Morgan fingerprint density at radius 2 is 2.73 bits per heavy atom. The molecule has 1 aliphatic rings. The van der Waals surface area contributed by atoms with Crippen LogP contribution in [0.2, 0.25) is 0 Å². The van der Waals surface area contributed by atoms with Crippen LogP contribution in [0.25, 0.3) is 0 Å². The fourth-order valence-electron chi connectivity index (χ4n) is 0.668. The van der Waals surface area contributed by atoms with Crippen LogP contribution in [0, 0.1) is 0 Å². The van der Waals surface area contributed by atoms with Crippen LogP contribution < -0.4 is 10.6 Å². The minimum absolute atomic E-state index is 0.426. The van der Waals surface area contributed by atoms with Gasteiger partial charge < -0.3 is 5.11 Å². The van der Waals surface area contributed by atoms with Crippen molar-refractivity contribution in [3.8, 4) is 0 Å². The van der Waals surface area contributed by atoms with Gasteiger partial charge in [-0.2, -0.15) is 4.40 Å². The summed E-state index contributed by atoms with van der Waals surface area (Å²) in [4.78, 5) is 0. The number of aliphatic hydroxyl groups excluding tert-OH is 1. The molecule has 62 valence electrons. The molecule has 0 saturated carbocycles. The smallest absolute Gasteiger partial charge is 0.176 e. The van der Waals surface area contributed by atoms with Crippen LogP contribution in [0.1, 0.15) is 0 Å². The van der Waals surface area contributed by atoms with Gasteiger partial charge in [0.1, 0.15) is 0 Å². The first kappa shape index (κ1) is 8.54. The van der Waals surface area contributed by atoms with Crippen molar-refractivity contribution in [1.29, 1.82) is 0 Å². The maximum atomic E-state index is 9.17. The summed E-state index contributed by atoms with van der Waals surface area (Å²) in [5.74, 6) is 5.92. The van der Waals surface area contributed by atoms with Gasteiger partial charge in [-0.25, -0.2) is 10.6 Å². The van der Waals surface area contributed by atoms with E-state index in [2.05, 4.69) is 15.7 Å². The molecule has 0 fully saturated rings. The molecule has 6 heteroatoms. The summed E-state index contributed by atoms with van der Waals surface area (Å²) in [7, 11) is 0. The van der Waals surface area contributed by atoms with E-state index in [9.17, 15) is 0 Å². The molecular weight excluding hydrogens is 164 g/mol. The lowest BCUT2D eigenvalue weighted by Crippen LogP contribution is -2.45. The van der Waals surface area contributed by atoms with Crippen molar-refractivity contribution >= 4 is 18.0 Å². The molecule has 1 rings (SSSR count). The molecule has 0 aromatic carbocycles. The Morgan fingerprint density at radius 1 is 2.00 bits per heavy atom. The number of nitrogens with two attached hydrogens (primary N) is 1. The normalized spacial score (nSPS) is 23.1. The highest BCUT2D eigenvalue weighted by atomic mass is 32.2. The van der Waals surface area contributed by atoms with Gasteiger partial charge in [-0.3, -0.25) is 5.01 Å². The number of hydrogen-bond donors (Lipinski definition) is 3. The number of hydrazine groups is 1. The van der Waals surface area contributed by atoms with Crippen LogP contribution in [0.4, 0.5) is 0 Å². The molecule has 1 heterocycles. The fourth-order valence-corrected chi connectivity index (χ4v) is 1.22. The van der Waals surface area contributed by atoms with Crippen molar-refractivity contribution in [2.75, 3.05) is 6.54 Å². The maximum absolute atomic E-state index is 9.17. The van der Waals surface area contributed by atoms with Crippen molar-refractivity contribution in [2.24, 2.45) is 10.2 Å². The van der Waals surface area contributed by atoms with Gasteiger partial charge in [-0.05, 0) is 0 Å². The summed E-state index contributed by atoms with van der Waals surface area (Å²) in [5, 5.41) is 10.5. The fraction of sp³-hybridized carbons (Fsp3) is 0.400. The van der Waals surface area contributed by atoms with Gasteiger partial charge >= 0.3 is 0 Å². The van der Waals surface area contributed by atoms with E-state index in [1.54, 1.807) is 6.08 Å². The monoisotopic (exact) mass is 174 g/mol. The lowest BCUT2D eigenvalue weighted by molar-refractivity contribution is 0.219. The molecule has 0 aromatic heterocycles. The molecule has 0 aliphatic carbocycles. The SMILES string of the molecule is C=CCN(N)C1=NSNC1O. The molecule has 0 amide bonds. The Labute approximate surface area is 69.2 Å². The lowest BCUT2D eigenvalue weighted by Gasteiger charge is -2.17. The molecular formula is C5H10N4OS. The van der Waals surface area contributed by atoms with Gasteiger partial charge in [0.2, 0.25) is 0 Å². The van der Waals surface area contributed by atoms with E-state index in [1.807, 2.05) is 0 Å². The summed E-state index contributed by atoms with van der Waals surface area (Å²) in [6.07, 6.45) is 0.864. The first-order valence-electron chi connectivity index (χ1n) is 3.06. The standard InChI is InChI=1S/C5H10N4OS/c1-2-3-9(6)4-5(10)8-11-7-4/h2,5,8,10H,1,3,6H2. The summed E-state index contributed by atoms with van der Waals surface area (Å²) in [6.45, 7) is 3.98. The molecule has 0 bridgehead atoms. The minimum Gasteiger partial charge on any atom is -0.370 e. The molecule has 5 nitrogen and oxygen atoms in total. The first-order valence-corrected chi connectivity index (χ1v) is 3.83. The third-order valence-corrected chi connectivity index (χ3v) is 1.78. The first-order chi connectivity index (χ1) is 5.25. The zero-order valence-electron chi connectivity index (χ0n) is 5.90. The van der Waals surface area contributed by atoms with Gasteiger partial charge in [0, 0.05) is 0 Å². The predicted octanol–water partition coefficient (Wildman–Crippen LogP) is -0.769. The molecule has 0 radical (unpaired) electrons. The third-order valence-electron chi connectivity index (χ3n) is 1.17. The number of rotatable bonds is 2. The predicted molar refractivity (Wildman–Crippen MR) is 45.3 cm³/mol. The zero-order chi connectivity index (χ0) is 8.27. The van der Waals surface area contributed by atoms with E-state index in [0.717, 1.165) is 12.1 Å². The number of aliphatic hydroxyl groups is 1. The highest BCUT2D eigenvalue weighted by Gasteiger charge is 2.21. The van der Waals surface area contributed by atoms with E-state index in [4.69, 9.17) is 10.9 Å². The molecule has 11 heavy (non-hydrogen) atoms. The summed E-state index contributed by atoms with van der Waals surface area (Å²) in [5.41, 5.74) is 0. The summed E-state index contributed by atoms with van der Waals surface area (Å²) < 4.78 is 6.48. The largest absolute Gasteiger partial charge is 0.370 e. The Morgan fingerprint density at radius 3 is 3.18 bits per heavy atom. The van der Waals surface area contributed by atoms with Crippen molar-refractivity contribution in [3.63, 3.8) is 0 Å². The Balaban J connectivity index is 2.51. The molecule has 0 aromatic rings. The van der Waals surface area contributed by atoms with E-state index in [0.29, 0.717) is 12.4 Å². The van der Waals surface area contributed by atoms with Crippen molar-refractivity contribution in [2.45, 2.75) is 6.23 Å². The summed E-state index contributed by atoms with van der Waals surface area (Å²) >= 11 is 1.08. The van der Waals surface area contributed by atoms with Crippen molar-refractivity contribution < 1.29 is 5.11 Å². The van der Waals surface area contributed by atoms with Crippen molar-refractivity contribution in [1.82, 2.24) is 9.73 Å². The van der Waals surface area contributed by atoms with Gasteiger partial charge in [0.25, 0.3) is 0 Å². The van der Waals surface area contributed by atoms with E-state index in [1.165, 1.54) is 5.01 Å². The van der Waals surface area contributed by atoms with Gasteiger partial charge in [0.15, 0.2) is 12.1 Å². The van der Waals surface area contributed by atoms with Crippen LogP contribution in [0.3, 0.4) is 0 Å². The number of amidine groups is 1. The highest BCUT2D eigenvalue weighted by molar-refractivity contribution is 7.96. The second-order valence-electron chi connectivity index (χ2n) is 2.00. The van der Waals surface area contributed by atoms with Gasteiger partial charge in [0.05, 0.1) is 18.7 Å². The summed E-state index contributed by atoms with van der Waals surface area (Å²) in [6, 6.07) is 0. The molecule has 0 saturated heterocycles. The van der Waals surface area contributed by atoms with Crippen LogP contribution in [-0.2, 0) is 0 Å². The Hall–Kier alpha value is -0.560. The van der Waals surface area contributed by atoms with Crippen LogP contribution >= 0.6 is 12.1 Å². The van der Waals surface area contributed by atoms with E-state index in [-0.39, 0.29) is 0 Å². The topological polar surface area (TPSA) is 73.9 Å². The van der Waals surface area contributed by atoms with E-state index < -0.39 is 6.23 Å². The second kappa shape index (κ2) is 3.72. The zero-order valence-corrected chi connectivity index (χ0v) is 6.71. The van der Waals surface area contributed by atoms with Crippen LogP contribution in [0.15, 0.2) is 17.1 Å². The van der Waals surface area contributed by atoms with Crippen LogP contribution in [0.5, 0.6) is 0 Å². The van der Waals surface area contributed by atoms with E-state index >= 15 is 0 Å². The molecule has 4 N–H and O–H groups in total. The second-order valence-corrected chi connectivity index (χ2v) is 2.60. The number of nitrogens with zero attached hydrogens (tertiary/aromatic N) is 2. The number of hydrogen-bond acceptors (Lipinski definition) is 6. The average molecular weight is 174 g/mol. The molecule has 1 atom stereocenters. The van der Waals surface area contributed by atoms with Gasteiger partial charge in [-0.15, -0.1) is 6.58 Å². The lowest BCUT2D eigenvalue weighted by atomic mass is 10.5.